The van der Waals surface area contributed by atoms with E-state index in [0.717, 1.165) is 12.8 Å². The van der Waals surface area contributed by atoms with Crippen molar-refractivity contribution in [3.05, 3.63) is 34.9 Å². The number of hydrogen-bond donors (Lipinski definition) is 2. The minimum absolute atomic E-state index is 0.134. The fraction of sp³-hybridized carbons (Fsp3) is 0.500. The highest BCUT2D eigenvalue weighted by molar-refractivity contribution is 5.79. The van der Waals surface area contributed by atoms with Crippen molar-refractivity contribution in [1.29, 1.82) is 0 Å². The van der Waals surface area contributed by atoms with Gasteiger partial charge in [0.2, 0.25) is 5.91 Å². The van der Waals surface area contributed by atoms with Gasteiger partial charge in [0.1, 0.15) is 0 Å². The number of nitrogens with one attached hydrogen (secondary N) is 1. The van der Waals surface area contributed by atoms with Gasteiger partial charge in [-0.05, 0) is 37.8 Å². The predicted molar refractivity (Wildman–Crippen MR) is 68.5 cm³/mol. The first-order valence-corrected chi connectivity index (χ1v) is 6.15. The standard InChI is InChI=1S/C14H20N2O/c1-9-3-4-10(2)12(5-9)8-16-14(17)11-6-13(15)7-11/h3-5,11,13H,6-8,15H2,1-2H3,(H,16,17). The zero-order chi connectivity index (χ0) is 12.4. The van der Waals surface area contributed by atoms with Gasteiger partial charge in [-0.2, -0.15) is 0 Å². The Balaban J connectivity index is 1.89. The molecule has 0 heterocycles. The first kappa shape index (κ1) is 12.1. The molecule has 1 aliphatic rings. The van der Waals surface area contributed by atoms with Crippen molar-refractivity contribution in [2.24, 2.45) is 11.7 Å². The van der Waals surface area contributed by atoms with E-state index in [4.69, 9.17) is 5.73 Å². The van der Waals surface area contributed by atoms with Crippen molar-refractivity contribution in [2.45, 2.75) is 39.3 Å². The van der Waals surface area contributed by atoms with E-state index in [2.05, 4.69) is 37.4 Å². The van der Waals surface area contributed by atoms with Gasteiger partial charge in [0, 0.05) is 18.5 Å². The average molecular weight is 232 g/mol. The first-order valence-electron chi connectivity index (χ1n) is 6.15. The molecule has 0 unspecified atom stereocenters. The molecule has 92 valence electrons. The summed E-state index contributed by atoms with van der Waals surface area (Å²) in [6, 6.07) is 6.54. The number of hydrogen-bond acceptors (Lipinski definition) is 2. The minimum atomic E-state index is 0.134. The third-order valence-electron chi connectivity index (χ3n) is 3.50. The second-order valence-electron chi connectivity index (χ2n) is 5.08. The molecule has 0 aromatic heterocycles. The molecule has 3 N–H and O–H groups in total. The Morgan fingerprint density at radius 3 is 2.76 bits per heavy atom. The molecule has 0 saturated heterocycles. The topological polar surface area (TPSA) is 55.1 Å². The molecule has 17 heavy (non-hydrogen) atoms. The smallest absolute Gasteiger partial charge is 0.223 e. The zero-order valence-corrected chi connectivity index (χ0v) is 10.5. The SMILES string of the molecule is Cc1ccc(C)c(CNC(=O)C2CC(N)C2)c1. The molecule has 1 saturated carbocycles. The lowest BCUT2D eigenvalue weighted by Crippen LogP contribution is -2.44. The van der Waals surface area contributed by atoms with Crippen molar-refractivity contribution in [2.75, 3.05) is 0 Å². The van der Waals surface area contributed by atoms with Crippen LogP contribution in [0.3, 0.4) is 0 Å². The van der Waals surface area contributed by atoms with Gasteiger partial charge in [0.05, 0.1) is 0 Å². The maximum Gasteiger partial charge on any atom is 0.223 e. The fourth-order valence-corrected chi connectivity index (χ4v) is 2.19. The van der Waals surface area contributed by atoms with Crippen LogP contribution in [0.1, 0.15) is 29.5 Å². The third kappa shape index (κ3) is 2.86. The van der Waals surface area contributed by atoms with Gasteiger partial charge in [-0.3, -0.25) is 4.79 Å². The van der Waals surface area contributed by atoms with Crippen LogP contribution in [0.15, 0.2) is 18.2 Å². The van der Waals surface area contributed by atoms with E-state index in [0.29, 0.717) is 6.54 Å². The monoisotopic (exact) mass is 232 g/mol. The van der Waals surface area contributed by atoms with Gasteiger partial charge < -0.3 is 11.1 Å². The largest absolute Gasteiger partial charge is 0.352 e. The Bertz CT molecular complexity index is 422. The van der Waals surface area contributed by atoms with Crippen LogP contribution in [-0.2, 0) is 11.3 Å². The average Bonchev–Trinajstić information content (AvgIpc) is 2.26. The molecule has 0 radical (unpaired) electrons. The predicted octanol–water partition coefficient (Wildman–Crippen LogP) is 1.66. The van der Waals surface area contributed by atoms with Gasteiger partial charge in [-0.25, -0.2) is 0 Å². The lowest BCUT2D eigenvalue weighted by atomic mass is 9.80. The summed E-state index contributed by atoms with van der Waals surface area (Å²) in [5, 5.41) is 3.00. The molecule has 1 amide bonds. The Labute approximate surface area is 102 Å². The van der Waals surface area contributed by atoms with Crippen LogP contribution >= 0.6 is 0 Å². The molecular formula is C14H20N2O. The summed E-state index contributed by atoms with van der Waals surface area (Å²) >= 11 is 0. The molecule has 3 heteroatoms. The second kappa shape index (κ2) is 4.88. The highest BCUT2D eigenvalue weighted by atomic mass is 16.1. The maximum atomic E-state index is 11.8. The van der Waals surface area contributed by atoms with Crippen molar-refractivity contribution >= 4 is 5.91 Å². The van der Waals surface area contributed by atoms with Crippen molar-refractivity contribution in [1.82, 2.24) is 5.32 Å². The summed E-state index contributed by atoms with van der Waals surface area (Å²) in [5.74, 6) is 0.280. The molecular weight excluding hydrogens is 212 g/mol. The van der Waals surface area contributed by atoms with Crippen molar-refractivity contribution in [3.63, 3.8) is 0 Å². The van der Waals surface area contributed by atoms with Crippen LogP contribution < -0.4 is 11.1 Å². The molecule has 1 aromatic carbocycles. The van der Waals surface area contributed by atoms with Gasteiger partial charge in [0.25, 0.3) is 0 Å². The summed E-state index contributed by atoms with van der Waals surface area (Å²) in [6.07, 6.45) is 1.66. The molecule has 1 aliphatic carbocycles. The van der Waals surface area contributed by atoms with E-state index in [9.17, 15) is 4.79 Å². The van der Waals surface area contributed by atoms with Gasteiger partial charge in [-0.15, -0.1) is 0 Å². The van der Waals surface area contributed by atoms with E-state index in [1.54, 1.807) is 0 Å². The number of nitrogens with two attached hydrogens (primary N) is 1. The van der Waals surface area contributed by atoms with Crippen LogP contribution in [0, 0.1) is 19.8 Å². The molecule has 0 bridgehead atoms. The van der Waals surface area contributed by atoms with Gasteiger partial charge in [-0.1, -0.05) is 23.8 Å². The third-order valence-corrected chi connectivity index (χ3v) is 3.50. The van der Waals surface area contributed by atoms with Gasteiger partial charge >= 0.3 is 0 Å². The number of carbonyl (C=O) groups is 1. The lowest BCUT2D eigenvalue weighted by molar-refractivity contribution is -0.128. The molecule has 1 aromatic rings. The Hall–Kier alpha value is -1.35. The van der Waals surface area contributed by atoms with Crippen LogP contribution in [0.25, 0.3) is 0 Å². The molecule has 1 fully saturated rings. The van der Waals surface area contributed by atoms with E-state index >= 15 is 0 Å². The Morgan fingerprint density at radius 2 is 2.12 bits per heavy atom. The van der Waals surface area contributed by atoms with E-state index < -0.39 is 0 Å². The Morgan fingerprint density at radius 1 is 1.41 bits per heavy atom. The van der Waals surface area contributed by atoms with Crippen LogP contribution in [0.5, 0.6) is 0 Å². The molecule has 2 rings (SSSR count). The first-order chi connectivity index (χ1) is 8.06. The summed E-state index contributed by atoms with van der Waals surface area (Å²) in [7, 11) is 0. The lowest BCUT2D eigenvalue weighted by Gasteiger charge is -2.31. The van der Waals surface area contributed by atoms with Crippen molar-refractivity contribution < 1.29 is 4.79 Å². The summed E-state index contributed by atoms with van der Waals surface area (Å²) in [4.78, 5) is 11.8. The number of amides is 1. The highest BCUT2D eigenvalue weighted by Gasteiger charge is 2.31. The summed E-state index contributed by atoms with van der Waals surface area (Å²) < 4.78 is 0. The van der Waals surface area contributed by atoms with E-state index in [1.807, 2.05) is 0 Å². The highest BCUT2D eigenvalue weighted by Crippen LogP contribution is 2.25. The van der Waals surface area contributed by atoms with Crippen LogP contribution in [-0.4, -0.2) is 11.9 Å². The molecule has 0 spiro atoms. The Kier molecular flexibility index (Phi) is 3.48. The number of carbonyl (C=O) groups excluding carboxylic acids is 1. The fourth-order valence-electron chi connectivity index (χ4n) is 2.19. The van der Waals surface area contributed by atoms with Crippen LogP contribution in [0.4, 0.5) is 0 Å². The maximum absolute atomic E-state index is 11.8. The number of benzene rings is 1. The van der Waals surface area contributed by atoms with E-state index in [-0.39, 0.29) is 17.9 Å². The summed E-state index contributed by atoms with van der Waals surface area (Å²) in [5.41, 5.74) is 9.32. The normalized spacial score (nSPS) is 23.0. The molecule has 0 atom stereocenters. The van der Waals surface area contributed by atoms with Gasteiger partial charge in [0.15, 0.2) is 0 Å². The second-order valence-corrected chi connectivity index (χ2v) is 5.08. The molecule has 0 aliphatic heterocycles. The van der Waals surface area contributed by atoms with Crippen LogP contribution in [0.2, 0.25) is 0 Å². The van der Waals surface area contributed by atoms with Crippen molar-refractivity contribution in [3.8, 4) is 0 Å². The number of aryl methyl sites for hydroxylation is 2. The number of rotatable bonds is 3. The quantitative estimate of drug-likeness (QED) is 0.832. The van der Waals surface area contributed by atoms with E-state index in [1.165, 1.54) is 16.7 Å². The molecule has 3 nitrogen and oxygen atoms in total. The zero-order valence-electron chi connectivity index (χ0n) is 10.5. The summed E-state index contributed by atoms with van der Waals surface area (Å²) in [6.45, 7) is 4.76. The minimum Gasteiger partial charge on any atom is -0.352 e.